The van der Waals surface area contributed by atoms with E-state index in [0.29, 0.717) is 5.56 Å². The first-order chi connectivity index (χ1) is 10.7. The van der Waals surface area contributed by atoms with Crippen molar-refractivity contribution in [1.82, 2.24) is 0 Å². The van der Waals surface area contributed by atoms with E-state index >= 15 is 0 Å². The molecule has 2 aromatic rings. The summed E-state index contributed by atoms with van der Waals surface area (Å²) in [7, 11) is -2.73. The molecule has 0 aliphatic carbocycles. The number of aromatic hydroxyl groups is 1. The van der Waals surface area contributed by atoms with Crippen molar-refractivity contribution in [3.63, 3.8) is 0 Å². The van der Waals surface area contributed by atoms with Gasteiger partial charge in [-0.05, 0) is 42.8 Å². The fourth-order valence-electron chi connectivity index (χ4n) is 1.94. The number of rotatable bonds is 5. The summed E-state index contributed by atoms with van der Waals surface area (Å²) in [5.41, 5.74) is 0.319. The zero-order valence-corrected chi connectivity index (χ0v) is 13.2. The predicted octanol–water partition coefficient (Wildman–Crippen LogP) is 2.21. The highest BCUT2D eigenvalue weighted by Crippen LogP contribution is 2.30. The van der Waals surface area contributed by atoms with Crippen LogP contribution in [0.1, 0.15) is 15.9 Å². The Morgan fingerprint density at radius 1 is 1.17 bits per heavy atom. The fourth-order valence-corrected chi connectivity index (χ4v) is 3.26. The molecule has 0 saturated carbocycles. The molecule has 0 spiro atoms. The van der Waals surface area contributed by atoms with Gasteiger partial charge in [-0.15, -0.1) is 0 Å². The SMILES string of the molecule is COc1ccc(C)cc1S(=O)(=O)Nc1cc(C(=O)O)ccc1O. The maximum Gasteiger partial charge on any atom is 0.335 e. The molecule has 0 atom stereocenters. The number of benzene rings is 2. The van der Waals surface area contributed by atoms with Crippen molar-refractivity contribution >= 4 is 21.7 Å². The smallest absolute Gasteiger partial charge is 0.335 e. The minimum atomic E-state index is -4.07. The first-order valence-electron chi connectivity index (χ1n) is 6.48. The van der Waals surface area contributed by atoms with Crippen molar-refractivity contribution in [2.45, 2.75) is 11.8 Å². The number of aryl methyl sites for hydroxylation is 1. The zero-order chi connectivity index (χ0) is 17.2. The summed E-state index contributed by atoms with van der Waals surface area (Å²) >= 11 is 0. The second-order valence-electron chi connectivity index (χ2n) is 4.80. The number of phenols is 1. The number of aromatic carboxylic acids is 1. The molecular formula is C15H15NO6S. The maximum atomic E-state index is 12.5. The van der Waals surface area contributed by atoms with Crippen molar-refractivity contribution in [2.75, 3.05) is 11.8 Å². The number of hydrogen-bond donors (Lipinski definition) is 3. The molecular weight excluding hydrogens is 322 g/mol. The number of nitrogens with one attached hydrogen (secondary N) is 1. The molecule has 122 valence electrons. The normalized spacial score (nSPS) is 11.0. The van der Waals surface area contributed by atoms with Crippen LogP contribution in [0.25, 0.3) is 0 Å². The summed E-state index contributed by atoms with van der Waals surface area (Å²) in [6.07, 6.45) is 0. The van der Waals surface area contributed by atoms with Gasteiger partial charge in [0.15, 0.2) is 0 Å². The lowest BCUT2D eigenvalue weighted by Crippen LogP contribution is -2.15. The van der Waals surface area contributed by atoms with Gasteiger partial charge in [-0.2, -0.15) is 0 Å². The Morgan fingerprint density at radius 3 is 2.48 bits per heavy atom. The van der Waals surface area contributed by atoms with Crippen LogP contribution in [0.4, 0.5) is 5.69 Å². The van der Waals surface area contributed by atoms with E-state index in [9.17, 15) is 18.3 Å². The average molecular weight is 337 g/mol. The van der Waals surface area contributed by atoms with E-state index in [1.165, 1.54) is 25.3 Å². The quantitative estimate of drug-likeness (QED) is 0.721. The van der Waals surface area contributed by atoms with Gasteiger partial charge in [-0.25, -0.2) is 13.2 Å². The summed E-state index contributed by atoms with van der Waals surface area (Å²) in [6, 6.07) is 7.94. The minimum Gasteiger partial charge on any atom is -0.506 e. The van der Waals surface area contributed by atoms with Gasteiger partial charge >= 0.3 is 5.97 Å². The average Bonchev–Trinajstić information content (AvgIpc) is 2.49. The Labute approximate surface area is 133 Å². The van der Waals surface area contributed by atoms with Crippen molar-refractivity contribution in [2.24, 2.45) is 0 Å². The van der Waals surface area contributed by atoms with Crippen molar-refractivity contribution in [1.29, 1.82) is 0 Å². The first kappa shape index (κ1) is 16.6. The number of sulfonamides is 1. The van der Waals surface area contributed by atoms with Gasteiger partial charge in [0.05, 0.1) is 18.4 Å². The number of anilines is 1. The Bertz CT molecular complexity index is 860. The highest BCUT2D eigenvalue weighted by atomic mass is 32.2. The summed E-state index contributed by atoms with van der Waals surface area (Å²) in [4.78, 5) is 10.9. The lowest BCUT2D eigenvalue weighted by molar-refractivity contribution is 0.0697. The van der Waals surface area contributed by atoms with Gasteiger partial charge in [0, 0.05) is 0 Å². The van der Waals surface area contributed by atoms with E-state index in [0.717, 1.165) is 12.1 Å². The van der Waals surface area contributed by atoms with Crippen LogP contribution in [-0.4, -0.2) is 31.7 Å². The molecule has 0 aromatic heterocycles. The monoisotopic (exact) mass is 337 g/mol. The van der Waals surface area contributed by atoms with Gasteiger partial charge in [0.2, 0.25) is 0 Å². The van der Waals surface area contributed by atoms with E-state index in [2.05, 4.69) is 4.72 Å². The molecule has 0 fully saturated rings. The molecule has 0 bridgehead atoms. The van der Waals surface area contributed by atoms with E-state index in [1.54, 1.807) is 13.0 Å². The third-order valence-corrected chi connectivity index (χ3v) is 4.48. The first-order valence-corrected chi connectivity index (χ1v) is 7.96. The molecule has 3 N–H and O–H groups in total. The second kappa shape index (κ2) is 6.17. The van der Waals surface area contributed by atoms with Crippen LogP contribution >= 0.6 is 0 Å². The summed E-state index contributed by atoms with van der Waals surface area (Å²) in [6.45, 7) is 1.72. The largest absolute Gasteiger partial charge is 0.506 e. The molecule has 0 radical (unpaired) electrons. The summed E-state index contributed by atoms with van der Waals surface area (Å²) < 4.78 is 32.3. The fraction of sp³-hybridized carbons (Fsp3) is 0.133. The number of carboxylic acid groups (broad SMARTS) is 1. The van der Waals surface area contributed by atoms with Gasteiger partial charge in [-0.3, -0.25) is 4.72 Å². The van der Waals surface area contributed by atoms with Gasteiger partial charge < -0.3 is 14.9 Å². The van der Waals surface area contributed by atoms with E-state index in [-0.39, 0.29) is 27.6 Å². The zero-order valence-electron chi connectivity index (χ0n) is 12.4. The predicted molar refractivity (Wildman–Crippen MR) is 83.6 cm³/mol. The molecule has 0 aliphatic rings. The Hall–Kier alpha value is -2.74. The molecule has 2 aromatic carbocycles. The lowest BCUT2D eigenvalue weighted by Gasteiger charge is -2.13. The number of carboxylic acids is 1. The maximum absolute atomic E-state index is 12.5. The lowest BCUT2D eigenvalue weighted by atomic mass is 10.2. The number of hydrogen-bond acceptors (Lipinski definition) is 5. The molecule has 0 aliphatic heterocycles. The van der Waals surface area contributed by atoms with E-state index in [4.69, 9.17) is 9.84 Å². The third-order valence-electron chi connectivity index (χ3n) is 3.10. The molecule has 7 nitrogen and oxygen atoms in total. The number of ether oxygens (including phenoxy) is 1. The molecule has 0 heterocycles. The summed E-state index contributed by atoms with van der Waals surface area (Å²) in [5, 5.41) is 18.7. The Balaban J connectivity index is 2.49. The van der Waals surface area contributed by atoms with Crippen LogP contribution in [0.5, 0.6) is 11.5 Å². The van der Waals surface area contributed by atoms with E-state index < -0.39 is 16.0 Å². The van der Waals surface area contributed by atoms with Crippen molar-refractivity contribution in [3.05, 3.63) is 47.5 Å². The van der Waals surface area contributed by atoms with Gasteiger partial charge in [-0.1, -0.05) is 6.07 Å². The van der Waals surface area contributed by atoms with Crippen LogP contribution < -0.4 is 9.46 Å². The number of carbonyl (C=O) groups is 1. The molecule has 2 rings (SSSR count). The summed E-state index contributed by atoms with van der Waals surface area (Å²) in [5.74, 6) is -1.49. The standard InChI is InChI=1S/C15H15NO6S/c1-9-3-6-13(22-2)14(7-9)23(20,21)16-11-8-10(15(18)19)4-5-12(11)17/h3-8,16-17H,1-2H3,(H,18,19). The molecule has 8 heteroatoms. The highest BCUT2D eigenvalue weighted by molar-refractivity contribution is 7.92. The van der Waals surface area contributed by atoms with Crippen molar-refractivity contribution in [3.8, 4) is 11.5 Å². The van der Waals surface area contributed by atoms with Crippen LogP contribution in [-0.2, 0) is 10.0 Å². The van der Waals surface area contributed by atoms with Crippen LogP contribution in [0.3, 0.4) is 0 Å². The van der Waals surface area contributed by atoms with Crippen molar-refractivity contribution < 1.29 is 28.2 Å². The topological polar surface area (TPSA) is 113 Å². The van der Waals surface area contributed by atoms with Gasteiger partial charge in [0.1, 0.15) is 16.4 Å². The van der Waals surface area contributed by atoms with E-state index in [1.807, 2.05) is 0 Å². The Morgan fingerprint density at radius 2 is 1.87 bits per heavy atom. The van der Waals surface area contributed by atoms with Crippen LogP contribution in [0.15, 0.2) is 41.3 Å². The molecule has 0 amide bonds. The Kier molecular flexibility index (Phi) is 4.46. The molecule has 0 saturated heterocycles. The third kappa shape index (κ3) is 3.54. The van der Waals surface area contributed by atoms with Gasteiger partial charge in [0.25, 0.3) is 10.0 Å². The molecule has 23 heavy (non-hydrogen) atoms. The highest BCUT2D eigenvalue weighted by Gasteiger charge is 2.21. The van der Waals surface area contributed by atoms with Crippen LogP contribution in [0, 0.1) is 6.92 Å². The number of methoxy groups -OCH3 is 1. The van der Waals surface area contributed by atoms with Crippen LogP contribution in [0.2, 0.25) is 0 Å². The number of phenolic OH excluding ortho intramolecular Hbond substituents is 1. The minimum absolute atomic E-state index is 0.111. The second-order valence-corrected chi connectivity index (χ2v) is 6.45. The molecule has 0 unspecified atom stereocenters.